The van der Waals surface area contributed by atoms with Crippen LogP contribution in [0.5, 0.6) is 0 Å². The van der Waals surface area contributed by atoms with Crippen molar-refractivity contribution in [2.45, 2.75) is 24.3 Å². The van der Waals surface area contributed by atoms with Crippen molar-refractivity contribution in [3.63, 3.8) is 0 Å². The lowest BCUT2D eigenvalue weighted by atomic mass is 10.1. The van der Waals surface area contributed by atoms with Crippen LogP contribution in [0, 0.1) is 10.1 Å². The number of nitro benzene ring substituents is 1. The third-order valence-electron chi connectivity index (χ3n) is 5.24. The van der Waals surface area contributed by atoms with E-state index < -0.39 is 4.92 Å². The van der Waals surface area contributed by atoms with Crippen LogP contribution in [-0.2, 0) is 4.79 Å². The molecule has 2 heterocycles. The Morgan fingerprint density at radius 3 is 2.31 bits per heavy atom. The zero-order chi connectivity index (χ0) is 22.3. The van der Waals surface area contributed by atoms with E-state index in [1.807, 2.05) is 12.1 Å². The van der Waals surface area contributed by atoms with Gasteiger partial charge < -0.3 is 10.2 Å². The molecule has 4 rings (SSSR count). The van der Waals surface area contributed by atoms with Gasteiger partial charge in [0.1, 0.15) is 5.03 Å². The number of nitrogens with zero attached hydrogens (tertiary/aromatic N) is 4. The van der Waals surface area contributed by atoms with E-state index in [9.17, 15) is 14.9 Å². The molecule has 0 aliphatic carbocycles. The molecule has 1 aliphatic rings. The van der Waals surface area contributed by atoms with Gasteiger partial charge in [0.25, 0.3) is 5.69 Å². The van der Waals surface area contributed by atoms with Gasteiger partial charge in [-0.2, -0.15) is 0 Å². The first-order chi connectivity index (χ1) is 15.6. The maximum atomic E-state index is 12.1. The molecule has 0 radical (unpaired) electrons. The van der Waals surface area contributed by atoms with Crippen LogP contribution in [0.15, 0.2) is 65.7 Å². The molecule has 0 unspecified atom stereocenters. The number of nitro groups is 1. The summed E-state index contributed by atoms with van der Waals surface area (Å²) in [6, 6.07) is 17.9. The molecule has 1 saturated heterocycles. The predicted molar refractivity (Wildman–Crippen MR) is 126 cm³/mol. The summed E-state index contributed by atoms with van der Waals surface area (Å²) in [4.78, 5) is 24.8. The number of carbonyl (C=O) groups is 1. The van der Waals surface area contributed by atoms with Crippen LogP contribution in [-0.4, -0.2) is 39.9 Å². The largest absolute Gasteiger partial charge is 0.372 e. The Bertz CT molecular complexity index is 1070. The molecule has 3 aromatic rings. The van der Waals surface area contributed by atoms with E-state index in [1.54, 1.807) is 0 Å². The van der Waals surface area contributed by atoms with E-state index in [2.05, 4.69) is 44.7 Å². The number of anilines is 2. The second-order valence-corrected chi connectivity index (χ2v) is 8.49. The van der Waals surface area contributed by atoms with Gasteiger partial charge in [0.15, 0.2) is 0 Å². The highest BCUT2D eigenvalue weighted by atomic mass is 32.2. The van der Waals surface area contributed by atoms with E-state index in [-0.39, 0.29) is 17.3 Å². The number of thioether (sulfide) groups is 1. The second-order valence-electron chi connectivity index (χ2n) is 7.49. The third kappa shape index (κ3) is 5.61. The molecule has 8 nitrogen and oxygen atoms in total. The summed E-state index contributed by atoms with van der Waals surface area (Å²) in [5.41, 5.74) is 3.53. The molecule has 2 aromatic carbocycles. The molecule has 1 amide bonds. The fraction of sp³-hybridized carbons (Fsp3) is 0.261. The number of non-ortho nitro benzene ring substituents is 1. The number of piperidine rings is 1. The minimum atomic E-state index is -0.479. The molecular formula is C23H23N5O3S. The van der Waals surface area contributed by atoms with Crippen molar-refractivity contribution in [3.05, 3.63) is 70.8 Å². The van der Waals surface area contributed by atoms with Crippen LogP contribution < -0.4 is 10.2 Å². The zero-order valence-corrected chi connectivity index (χ0v) is 18.3. The first-order valence-corrected chi connectivity index (χ1v) is 11.4. The van der Waals surface area contributed by atoms with Gasteiger partial charge >= 0.3 is 0 Å². The number of hydrogen-bond acceptors (Lipinski definition) is 7. The topological polar surface area (TPSA) is 101 Å². The van der Waals surface area contributed by atoms with E-state index in [0.717, 1.165) is 24.3 Å². The highest BCUT2D eigenvalue weighted by Crippen LogP contribution is 2.25. The average Bonchev–Trinajstić information content (AvgIpc) is 2.84. The number of hydrogen-bond donors (Lipinski definition) is 1. The van der Waals surface area contributed by atoms with Crippen LogP contribution >= 0.6 is 11.8 Å². The maximum Gasteiger partial charge on any atom is 0.269 e. The van der Waals surface area contributed by atoms with Gasteiger partial charge in [0.05, 0.1) is 16.4 Å². The summed E-state index contributed by atoms with van der Waals surface area (Å²) in [6.07, 6.45) is 3.81. The van der Waals surface area contributed by atoms with Gasteiger partial charge in [-0.05, 0) is 55.7 Å². The first kappa shape index (κ1) is 21.8. The fourth-order valence-electron chi connectivity index (χ4n) is 3.55. The molecule has 9 heteroatoms. The Labute approximate surface area is 190 Å². The van der Waals surface area contributed by atoms with Crippen molar-refractivity contribution < 1.29 is 9.72 Å². The van der Waals surface area contributed by atoms with Crippen molar-refractivity contribution in [1.29, 1.82) is 0 Å². The number of carbonyl (C=O) groups excluding carboxylic acids is 1. The van der Waals surface area contributed by atoms with Crippen molar-refractivity contribution in [2.24, 2.45) is 0 Å². The van der Waals surface area contributed by atoms with Crippen molar-refractivity contribution in [3.8, 4) is 11.3 Å². The highest BCUT2D eigenvalue weighted by molar-refractivity contribution is 7.99. The Hall–Kier alpha value is -3.46. The monoisotopic (exact) mass is 449 g/mol. The van der Waals surface area contributed by atoms with Crippen molar-refractivity contribution in [2.75, 3.05) is 29.1 Å². The average molecular weight is 450 g/mol. The normalized spacial score (nSPS) is 13.6. The smallest absolute Gasteiger partial charge is 0.269 e. The molecular weight excluding hydrogens is 426 g/mol. The van der Waals surface area contributed by atoms with Gasteiger partial charge in [-0.1, -0.05) is 23.9 Å². The van der Waals surface area contributed by atoms with E-state index in [4.69, 9.17) is 0 Å². The quantitative estimate of drug-likeness (QED) is 0.315. The maximum absolute atomic E-state index is 12.1. The summed E-state index contributed by atoms with van der Waals surface area (Å²) in [5.74, 6) is -0.0572. The van der Waals surface area contributed by atoms with Crippen LogP contribution in [0.25, 0.3) is 11.3 Å². The lowest BCUT2D eigenvalue weighted by Gasteiger charge is -2.28. The summed E-state index contributed by atoms with van der Waals surface area (Å²) in [5, 5.41) is 22.6. The first-order valence-electron chi connectivity index (χ1n) is 10.4. The standard InChI is InChI=1S/C23H23N5O3S/c29-22(24-18-6-10-20(11-7-18)28(30)31)16-32-23-13-12-21(25-26-23)17-4-8-19(9-5-17)27-14-2-1-3-15-27/h4-13H,1-3,14-16H2,(H,24,29). The number of amides is 1. The zero-order valence-electron chi connectivity index (χ0n) is 17.4. The molecule has 164 valence electrons. The second kappa shape index (κ2) is 10.2. The summed E-state index contributed by atoms with van der Waals surface area (Å²) in [7, 11) is 0. The van der Waals surface area contributed by atoms with Crippen molar-refractivity contribution >= 4 is 34.7 Å². The Balaban J connectivity index is 1.29. The van der Waals surface area contributed by atoms with E-state index in [0.29, 0.717) is 10.7 Å². The van der Waals surface area contributed by atoms with Crippen LogP contribution in [0.1, 0.15) is 19.3 Å². The predicted octanol–water partition coefficient (Wildman–Crippen LogP) is 4.77. The molecule has 0 spiro atoms. The lowest BCUT2D eigenvalue weighted by molar-refractivity contribution is -0.384. The number of benzene rings is 2. The third-order valence-corrected chi connectivity index (χ3v) is 6.16. The molecule has 0 saturated carbocycles. The molecule has 1 N–H and O–H groups in total. The number of aromatic nitrogens is 2. The summed E-state index contributed by atoms with van der Waals surface area (Å²) in [6.45, 7) is 2.23. The molecule has 32 heavy (non-hydrogen) atoms. The SMILES string of the molecule is O=C(CSc1ccc(-c2ccc(N3CCCCC3)cc2)nn1)Nc1ccc([N+](=O)[O-])cc1. The number of nitrogens with one attached hydrogen (secondary N) is 1. The van der Waals surface area contributed by atoms with Gasteiger partial charge in [-0.15, -0.1) is 10.2 Å². The minimum absolute atomic E-state index is 0.0196. The molecule has 1 aromatic heterocycles. The van der Waals surface area contributed by atoms with Gasteiger partial charge in [0.2, 0.25) is 5.91 Å². The molecule has 0 atom stereocenters. The highest BCUT2D eigenvalue weighted by Gasteiger charge is 2.12. The Morgan fingerprint density at radius 1 is 0.969 bits per heavy atom. The minimum Gasteiger partial charge on any atom is -0.372 e. The van der Waals surface area contributed by atoms with Crippen LogP contribution in [0.4, 0.5) is 17.1 Å². The van der Waals surface area contributed by atoms with Crippen molar-refractivity contribution in [1.82, 2.24) is 10.2 Å². The summed E-state index contributed by atoms with van der Waals surface area (Å²) >= 11 is 1.28. The Kier molecular flexibility index (Phi) is 6.96. The van der Waals surface area contributed by atoms with Gasteiger partial charge in [-0.25, -0.2) is 0 Å². The van der Waals surface area contributed by atoms with Gasteiger partial charge in [0, 0.05) is 42.2 Å². The fourth-order valence-corrected chi connectivity index (χ4v) is 4.16. The number of rotatable bonds is 7. The van der Waals surface area contributed by atoms with Crippen LogP contribution in [0.2, 0.25) is 0 Å². The van der Waals surface area contributed by atoms with Gasteiger partial charge in [-0.3, -0.25) is 14.9 Å². The lowest BCUT2D eigenvalue weighted by Crippen LogP contribution is -2.29. The van der Waals surface area contributed by atoms with E-state index >= 15 is 0 Å². The van der Waals surface area contributed by atoms with E-state index in [1.165, 1.54) is 61.0 Å². The molecule has 1 aliphatic heterocycles. The van der Waals surface area contributed by atoms with Crippen LogP contribution in [0.3, 0.4) is 0 Å². The molecule has 0 bridgehead atoms. The Morgan fingerprint density at radius 2 is 1.69 bits per heavy atom. The molecule has 1 fully saturated rings. The summed E-state index contributed by atoms with van der Waals surface area (Å²) < 4.78 is 0.